The molecule has 0 aliphatic carbocycles. The number of amides is 1. The maximum Gasteiger partial charge on any atom is 0.276 e. The lowest BCUT2D eigenvalue weighted by atomic mass is 10.1. The third-order valence-corrected chi connectivity index (χ3v) is 5.11. The molecule has 0 spiro atoms. The molecule has 0 aliphatic rings. The highest BCUT2D eigenvalue weighted by Crippen LogP contribution is 2.21. The van der Waals surface area contributed by atoms with Crippen molar-refractivity contribution in [1.82, 2.24) is 24.9 Å². The van der Waals surface area contributed by atoms with Crippen LogP contribution in [0.25, 0.3) is 16.6 Å². The van der Waals surface area contributed by atoms with Crippen molar-refractivity contribution < 1.29 is 9.90 Å². The fourth-order valence-corrected chi connectivity index (χ4v) is 3.51. The molecule has 30 heavy (non-hydrogen) atoms. The molecule has 0 saturated heterocycles. The van der Waals surface area contributed by atoms with Crippen LogP contribution in [0.15, 0.2) is 66.9 Å². The van der Waals surface area contributed by atoms with Gasteiger partial charge in [0, 0.05) is 24.7 Å². The highest BCUT2D eigenvalue weighted by Gasteiger charge is 2.23. The van der Waals surface area contributed by atoms with Crippen LogP contribution < -0.4 is 0 Å². The normalized spacial score (nSPS) is 11.0. The van der Waals surface area contributed by atoms with E-state index < -0.39 is 0 Å². The lowest BCUT2D eigenvalue weighted by molar-refractivity contribution is 0.0717. The van der Waals surface area contributed by atoms with E-state index in [1.807, 2.05) is 67.6 Å². The maximum absolute atomic E-state index is 13.2. The van der Waals surface area contributed by atoms with Gasteiger partial charge in [-0.1, -0.05) is 53.7 Å². The van der Waals surface area contributed by atoms with Gasteiger partial charge in [0.05, 0.1) is 23.5 Å². The SMILES string of the molecule is Cc1c(C(=O)N(CCO)CCc2ccccc2)nnn1-c1cccc2cccnc12. The molecule has 0 unspecified atom stereocenters. The Morgan fingerprint density at radius 2 is 1.83 bits per heavy atom. The lowest BCUT2D eigenvalue weighted by Crippen LogP contribution is -2.36. The van der Waals surface area contributed by atoms with E-state index in [-0.39, 0.29) is 24.8 Å². The van der Waals surface area contributed by atoms with Crippen molar-refractivity contribution in [2.75, 3.05) is 19.7 Å². The van der Waals surface area contributed by atoms with Crippen molar-refractivity contribution in [1.29, 1.82) is 0 Å². The molecule has 2 aromatic heterocycles. The van der Waals surface area contributed by atoms with Gasteiger partial charge in [-0.15, -0.1) is 5.10 Å². The highest BCUT2D eigenvalue weighted by molar-refractivity contribution is 5.94. The number of fused-ring (bicyclic) bond motifs is 1. The van der Waals surface area contributed by atoms with E-state index in [1.165, 1.54) is 0 Å². The third kappa shape index (κ3) is 3.92. The Morgan fingerprint density at radius 3 is 2.63 bits per heavy atom. The summed E-state index contributed by atoms with van der Waals surface area (Å²) in [5.41, 5.74) is 3.62. The predicted molar refractivity (Wildman–Crippen MR) is 115 cm³/mol. The van der Waals surface area contributed by atoms with E-state index in [9.17, 15) is 9.90 Å². The Hall–Kier alpha value is -3.58. The largest absolute Gasteiger partial charge is 0.395 e. The molecule has 0 saturated carbocycles. The molecule has 4 rings (SSSR count). The molecule has 0 fully saturated rings. The first-order chi connectivity index (χ1) is 14.7. The van der Waals surface area contributed by atoms with Crippen LogP contribution in [0.4, 0.5) is 0 Å². The van der Waals surface area contributed by atoms with E-state index >= 15 is 0 Å². The molecule has 152 valence electrons. The van der Waals surface area contributed by atoms with Crippen LogP contribution in [-0.4, -0.2) is 55.6 Å². The average molecular weight is 401 g/mol. The minimum Gasteiger partial charge on any atom is -0.395 e. The Bertz CT molecular complexity index is 1150. The Balaban J connectivity index is 1.61. The summed E-state index contributed by atoms with van der Waals surface area (Å²) in [5, 5.41) is 18.8. The molecular weight excluding hydrogens is 378 g/mol. The molecule has 4 aromatic rings. The van der Waals surface area contributed by atoms with Crippen LogP contribution in [0.1, 0.15) is 21.7 Å². The van der Waals surface area contributed by atoms with Crippen LogP contribution in [0.5, 0.6) is 0 Å². The highest BCUT2D eigenvalue weighted by atomic mass is 16.3. The minimum absolute atomic E-state index is 0.110. The first-order valence-electron chi connectivity index (χ1n) is 9.89. The molecular formula is C23H23N5O2. The fraction of sp³-hybridized carbons (Fsp3) is 0.217. The Labute approximate surface area is 174 Å². The summed E-state index contributed by atoms with van der Waals surface area (Å²) in [7, 11) is 0. The summed E-state index contributed by atoms with van der Waals surface area (Å²) < 4.78 is 1.65. The van der Waals surface area contributed by atoms with Gasteiger partial charge in [-0.05, 0) is 31.0 Å². The number of hydrogen-bond donors (Lipinski definition) is 1. The van der Waals surface area contributed by atoms with Crippen LogP contribution >= 0.6 is 0 Å². The van der Waals surface area contributed by atoms with Gasteiger partial charge in [0.25, 0.3) is 5.91 Å². The van der Waals surface area contributed by atoms with E-state index in [1.54, 1.807) is 15.8 Å². The smallest absolute Gasteiger partial charge is 0.276 e. The first kappa shape index (κ1) is 19.7. The van der Waals surface area contributed by atoms with E-state index in [0.29, 0.717) is 18.7 Å². The van der Waals surface area contributed by atoms with Gasteiger partial charge in [0.1, 0.15) is 0 Å². The Kier molecular flexibility index (Phi) is 5.81. The molecule has 0 radical (unpaired) electrons. The van der Waals surface area contributed by atoms with Gasteiger partial charge in [0.2, 0.25) is 0 Å². The number of aliphatic hydroxyl groups is 1. The van der Waals surface area contributed by atoms with Gasteiger partial charge in [-0.3, -0.25) is 9.78 Å². The van der Waals surface area contributed by atoms with Gasteiger partial charge >= 0.3 is 0 Å². The number of carbonyl (C=O) groups is 1. The standard InChI is InChI=1S/C23H23N5O2/c1-17-21(23(30)27(15-16-29)14-12-18-7-3-2-4-8-18)25-26-28(17)20-11-5-9-19-10-6-13-24-22(19)20/h2-11,13,29H,12,14-16H2,1H3. The summed E-state index contributed by atoms with van der Waals surface area (Å²) >= 11 is 0. The van der Waals surface area contributed by atoms with E-state index in [0.717, 1.165) is 22.2 Å². The summed E-state index contributed by atoms with van der Waals surface area (Å²) in [6.45, 7) is 2.45. The second kappa shape index (κ2) is 8.84. The van der Waals surface area contributed by atoms with Crippen molar-refractivity contribution in [3.05, 3.63) is 83.8 Å². The fourth-order valence-electron chi connectivity index (χ4n) is 3.51. The van der Waals surface area contributed by atoms with Crippen LogP contribution in [-0.2, 0) is 6.42 Å². The number of benzene rings is 2. The van der Waals surface area contributed by atoms with Crippen molar-refractivity contribution in [3.63, 3.8) is 0 Å². The quantitative estimate of drug-likeness (QED) is 0.515. The topological polar surface area (TPSA) is 84.1 Å². The molecule has 0 bridgehead atoms. The number of hydrogen-bond acceptors (Lipinski definition) is 5. The molecule has 1 N–H and O–H groups in total. The van der Waals surface area contributed by atoms with E-state index in [4.69, 9.17) is 0 Å². The number of carbonyl (C=O) groups excluding carboxylic acids is 1. The molecule has 7 nitrogen and oxygen atoms in total. The average Bonchev–Trinajstić information content (AvgIpc) is 3.17. The minimum atomic E-state index is -0.239. The zero-order valence-corrected chi connectivity index (χ0v) is 16.8. The lowest BCUT2D eigenvalue weighted by Gasteiger charge is -2.21. The number of nitrogens with zero attached hydrogens (tertiary/aromatic N) is 5. The molecule has 7 heteroatoms. The van der Waals surface area contributed by atoms with Crippen LogP contribution in [0.2, 0.25) is 0 Å². The van der Waals surface area contributed by atoms with Gasteiger partial charge < -0.3 is 10.0 Å². The van der Waals surface area contributed by atoms with Crippen LogP contribution in [0.3, 0.4) is 0 Å². The number of pyridine rings is 1. The van der Waals surface area contributed by atoms with Crippen molar-refractivity contribution in [2.45, 2.75) is 13.3 Å². The van der Waals surface area contributed by atoms with Gasteiger partial charge in [-0.25, -0.2) is 4.68 Å². The molecule has 0 atom stereocenters. The molecule has 2 heterocycles. The monoisotopic (exact) mass is 401 g/mol. The zero-order chi connectivity index (χ0) is 20.9. The number of rotatable bonds is 7. The van der Waals surface area contributed by atoms with Crippen molar-refractivity contribution >= 4 is 16.8 Å². The van der Waals surface area contributed by atoms with Crippen molar-refractivity contribution in [2.24, 2.45) is 0 Å². The molecule has 1 amide bonds. The predicted octanol–water partition coefficient (Wildman–Crippen LogP) is 2.80. The zero-order valence-electron chi connectivity index (χ0n) is 16.8. The third-order valence-electron chi connectivity index (χ3n) is 5.11. The second-order valence-electron chi connectivity index (χ2n) is 7.04. The van der Waals surface area contributed by atoms with Crippen LogP contribution in [0, 0.1) is 6.92 Å². The maximum atomic E-state index is 13.2. The Morgan fingerprint density at radius 1 is 1.03 bits per heavy atom. The molecule has 2 aromatic carbocycles. The van der Waals surface area contributed by atoms with Crippen molar-refractivity contribution in [3.8, 4) is 5.69 Å². The second-order valence-corrected chi connectivity index (χ2v) is 7.04. The first-order valence-corrected chi connectivity index (χ1v) is 9.89. The van der Waals surface area contributed by atoms with Gasteiger partial charge in [-0.2, -0.15) is 0 Å². The number of para-hydroxylation sites is 1. The summed E-state index contributed by atoms with van der Waals surface area (Å²) in [5.74, 6) is -0.239. The number of aliphatic hydroxyl groups excluding tert-OH is 1. The summed E-state index contributed by atoms with van der Waals surface area (Å²) in [4.78, 5) is 19.3. The van der Waals surface area contributed by atoms with E-state index in [2.05, 4.69) is 15.3 Å². The molecule has 0 aliphatic heterocycles. The summed E-state index contributed by atoms with van der Waals surface area (Å²) in [6.07, 6.45) is 2.43. The van der Waals surface area contributed by atoms with Gasteiger partial charge in [0.15, 0.2) is 5.69 Å². The number of aromatic nitrogens is 4. The summed E-state index contributed by atoms with van der Waals surface area (Å²) in [6, 6.07) is 19.6.